The second-order valence-electron chi connectivity index (χ2n) is 2.93. The maximum absolute atomic E-state index is 5.53. The fourth-order valence-corrected chi connectivity index (χ4v) is 1.10. The van der Waals surface area contributed by atoms with Gasteiger partial charge in [-0.15, -0.1) is 11.6 Å². The van der Waals surface area contributed by atoms with E-state index in [2.05, 4.69) is 26.0 Å². The van der Waals surface area contributed by atoms with Crippen molar-refractivity contribution in [3.05, 3.63) is 41.3 Å². The number of hydrogen-bond donors (Lipinski definition) is 0. The summed E-state index contributed by atoms with van der Waals surface area (Å²) in [7, 11) is 0. The molecule has 0 saturated carbocycles. The molecule has 0 nitrogen and oxygen atoms in total. The highest BCUT2D eigenvalue weighted by molar-refractivity contribution is 6.25. The van der Waals surface area contributed by atoms with Crippen molar-refractivity contribution in [3.63, 3.8) is 0 Å². The van der Waals surface area contributed by atoms with Crippen LogP contribution in [-0.2, 0) is 0 Å². The summed E-state index contributed by atoms with van der Waals surface area (Å²) in [5.74, 6) is 2.18. The largest absolute Gasteiger partial charge is 0.116 e. The van der Waals surface area contributed by atoms with E-state index in [0.29, 0.717) is 5.92 Å². The Kier molecular flexibility index (Phi) is 2.95. The van der Waals surface area contributed by atoms with Gasteiger partial charge in [0.1, 0.15) is 0 Å². The molecule has 0 N–H and O–H groups in total. The molecular weight excluding hydrogens is 156 g/mol. The quantitative estimate of drug-likeness (QED) is 0.632. The first kappa shape index (κ1) is 8.61. The zero-order valence-electron chi connectivity index (χ0n) is 6.84. The Morgan fingerprint density at radius 1 is 1.18 bits per heavy atom. The molecule has 1 radical (unpaired) electrons. The van der Waals surface area contributed by atoms with Crippen LogP contribution in [0.3, 0.4) is 0 Å². The first-order valence-electron chi connectivity index (χ1n) is 3.77. The summed E-state index contributed by atoms with van der Waals surface area (Å²) in [4.78, 5) is 0. The lowest BCUT2D eigenvalue weighted by atomic mass is 10.0. The molecule has 0 aromatic heterocycles. The first-order chi connectivity index (χ1) is 5.24. The van der Waals surface area contributed by atoms with Crippen LogP contribution >= 0.6 is 11.6 Å². The van der Waals surface area contributed by atoms with Crippen LogP contribution in [0.4, 0.5) is 0 Å². The molecule has 0 unspecified atom stereocenters. The highest BCUT2D eigenvalue weighted by atomic mass is 35.5. The molecule has 1 aromatic carbocycles. The van der Waals surface area contributed by atoms with Crippen molar-refractivity contribution in [3.8, 4) is 0 Å². The average Bonchev–Trinajstić information content (AvgIpc) is 2.05. The van der Waals surface area contributed by atoms with E-state index in [-0.39, 0.29) is 0 Å². The van der Waals surface area contributed by atoms with Gasteiger partial charge in [-0.1, -0.05) is 38.1 Å². The highest BCUT2D eigenvalue weighted by Crippen LogP contribution is 2.15. The molecule has 0 heterocycles. The highest BCUT2D eigenvalue weighted by Gasteiger charge is 1.97. The van der Waals surface area contributed by atoms with Gasteiger partial charge in [-0.2, -0.15) is 0 Å². The van der Waals surface area contributed by atoms with Crippen molar-refractivity contribution in [2.45, 2.75) is 19.8 Å². The maximum Gasteiger partial charge on any atom is 0.0790 e. The molecule has 1 heteroatoms. The Labute approximate surface area is 73.2 Å². The summed E-state index contributed by atoms with van der Waals surface area (Å²) in [6.07, 6.45) is 0. The van der Waals surface area contributed by atoms with Crippen molar-refractivity contribution >= 4 is 11.6 Å². The first-order valence-corrected chi connectivity index (χ1v) is 4.21. The van der Waals surface area contributed by atoms with Crippen LogP contribution in [0.2, 0.25) is 0 Å². The molecular formula is C10H12Cl. The summed E-state index contributed by atoms with van der Waals surface area (Å²) >= 11 is 5.53. The Bertz CT molecular complexity index is 211. The third kappa shape index (κ3) is 2.23. The lowest BCUT2D eigenvalue weighted by molar-refractivity contribution is 0.866. The SMILES string of the molecule is CC(C)c1ccc([CH]Cl)cc1. The zero-order chi connectivity index (χ0) is 8.27. The maximum atomic E-state index is 5.53. The predicted octanol–water partition coefficient (Wildman–Crippen LogP) is 3.56. The van der Waals surface area contributed by atoms with Gasteiger partial charge in [0.15, 0.2) is 0 Å². The second-order valence-corrected chi connectivity index (χ2v) is 3.15. The molecule has 0 aliphatic rings. The molecule has 0 spiro atoms. The minimum atomic E-state index is 0.597. The molecule has 0 amide bonds. The second kappa shape index (κ2) is 3.77. The van der Waals surface area contributed by atoms with Crippen LogP contribution in [0.1, 0.15) is 30.9 Å². The molecule has 0 atom stereocenters. The predicted molar refractivity (Wildman–Crippen MR) is 49.8 cm³/mol. The van der Waals surface area contributed by atoms with Gasteiger partial charge < -0.3 is 0 Å². The summed E-state index contributed by atoms with van der Waals surface area (Å²) in [5, 5.41) is 0. The Hall–Kier alpha value is -0.490. The van der Waals surface area contributed by atoms with Crippen LogP contribution in [0.5, 0.6) is 0 Å². The number of halogens is 1. The lowest BCUT2D eigenvalue weighted by Crippen LogP contribution is -1.86. The average molecular weight is 168 g/mol. The van der Waals surface area contributed by atoms with Crippen LogP contribution in [0.25, 0.3) is 0 Å². The van der Waals surface area contributed by atoms with E-state index < -0.39 is 0 Å². The normalized spacial score (nSPS) is 10.5. The van der Waals surface area contributed by atoms with E-state index in [0.717, 1.165) is 5.56 Å². The van der Waals surface area contributed by atoms with Crippen molar-refractivity contribution < 1.29 is 0 Å². The van der Waals surface area contributed by atoms with Gasteiger partial charge >= 0.3 is 0 Å². The van der Waals surface area contributed by atoms with Gasteiger partial charge in [-0.05, 0) is 17.0 Å². The summed E-state index contributed by atoms with van der Waals surface area (Å²) < 4.78 is 0. The van der Waals surface area contributed by atoms with Crippen molar-refractivity contribution in [2.75, 3.05) is 0 Å². The van der Waals surface area contributed by atoms with Crippen LogP contribution in [0.15, 0.2) is 24.3 Å². The molecule has 0 saturated heterocycles. The van der Waals surface area contributed by atoms with Crippen LogP contribution < -0.4 is 0 Å². The Balaban J connectivity index is 2.83. The minimum absolute atomic E-state index is 0.597. The molecule has 0 aliphatic heterocycles. The van der Waals surface area contributed by atoms with Gasteiger partial charge in [0.25, 0.3) is 0 Å². The molecule has 1 rings (SSSR count). The van der Waals surface area contributed by atoms with Crippen LogP contribution in [0, 0.1) is 5.88 Å². The molecule has 0 aliphatic carbocycles. The number of benzene rings is 1. The molecule has 0 fully saturated rings. The topological polar surface area (TPSA) is 0 Å². The number of hydrogen-bond acceptors (Lipinski definition) is 0. The Morgan fingerprint density at radius 3 is 2.09 bits per heavy atom. The van der Waals surface area contributed by atoms with Gasteiger partial charge in [0, 0.05) is 0 Å². The summed E-state index contributed by atoms with van der Waals surface area (Å²) in [6, 6.07) is 8.28. The zero-order valence-corrected chi connectivity index (χ0v) is 7.60. The van der Waals surface area contributed by atoms with Gasteiger partial charge in [0.2, 0.25) is 0 Å². The van der Waals surface area contributed by atoms with E-state index in [1.165, 1.54) is 5.56 Å². The van der Waals surface area contributed by atoms with Crippen molar-refractivity contribution in [1.29, 1.82) is 0 Å². The lowest BCUT2D eigenvalue weighted by Gasteiger charge is -2.04. The smallest absolute Gasteiger partial charge is 0.0790 e. The minimum Gasteiger partial charge on any atom is -0.116 e. The van der Waals surface area contributed by atoms with E-state index in [4.69, 9.17) is 11.6 Å². The standard InChI is InChI=1S/C10H12Cl/c1-8(2)10-5-3-9(7-11)4-6-10/h3-8H,1-2H3. The van der Waals surface area contributed by atoms with Crippen molar-refractivity contribution in [1.82, 2.24) is 0 Å². The van der Waals surface area contributed by atoms with E-state index >= 15 is 0 Å². The fourth-order valence-electron chi connectivity index (χ4n) is 0.954. The van der Waals surface area contributed by atoms with E-state index in [9.17, 15) is 0 Å². The van der Waals surface area contributed by atoms with Gasteiger partial charge in [0.05, 0.1) is 5.88 Å². The van der Waals surface area contributed by atoms with Gasteiger partial charge in [-0.25, -0.2) is 0 Å². The Morgan fingerprint density at radius 2 is 1.73 bits per heavy atom. The molecule has 1 aromatic rings. The number of rotatable bonds is 2. The van der Waals surface area contributed by atoms with Gasteiger partial charge in [-0.3, -0.25) is 0 Å². The third-order valence-electron chi connectivity index (χ3n) is 1.73. The molecule has 59 valence electrons. The van der Waals surface area contributed by atoms with E-state index in [1.807, 2.05) is 12.1 Å². The fraction of sp³-hybridized carbons (Fsp3) is 0.300. The summed E-state index contributed by atoms with van der Waals surface area (Å²) in [6.45, 7) is 4.36. The molecule has 11 heavy (non-hydrogen) atoms. The van der Waals surface area contributed by atoms with E-state index in [1.54, 1.807) is 5.88 Å². The monoisotopic (exact) mass is 167 g/mol. The molecule has 0 bridgehead atoms. The van der Waals surface area contributed by atoms with Crippen molar-refractivity contribution in [2.24, 2.45) is 0 Å². The summed E-state index contributed by atoms with van der Waals surface area (Å²) in [5.41, 5.74) is 2.42. The third-order valence-corrected chi connectivity index (χ3v) is 1.98. The van der Waals surface area contributed by atoms with Crippen LogP contribution in [-0.4, -0.2) is 0 Å².